The van der Waals surface area contributed by atoms with Gasteiger partial charge in [-0.1, -0.05) is 25.1 Å². The van der Waals surface area contributed by atoms with Crippen molar-refractivity contribution in [1.82, 2.24) is 0 Å². The number of hydrogen-bond acceptors (Lipinski definition) is 12. The molecule has 1 saturated heterocycles. The summed E-state index contributed by atoms with van der Waals surface area (Å²) in [7, 11) is 0. The Morgan fingerprint density at radius 1 is 0.956 bits per heavy atom. The monoisotopic (exact) mass is 630 g/mol. The van der Waals surface area contributed by atoms with Crippen LogP contribution >= 0.6 is 0 Å². The number of benzene rings is 1. The zero-order valence-corrected chi connectivity index (χ0v) is 26.6. The molecule has 45 heavy (non-hydrogen) atoms. The van der Waals surface area contributed by atoms with Crippen LogP contribution in [0.25, 0.3) is 0 Å². The van der Waals surface area contributed by atoms with E-state index in [0.29, 0.717) is 5.57 Å². The minimum Gasteiger partial charge on any atom is -0.462 e. The van der Waals surface area contributed by atoms with Crippen LogP contribution in [0, 0.1) is 16.7 Å². The van der Waals surface area contributed by atoms with E-state index in [9.17, 15) is 34.5 Å². The second-order valence-electron chi connectivity index (χ2n) is 13.5. The van der Waals surface area contributed by atoms with E-state index in [1.165, 1.54) is 34.6 Å². The van der Waals surface area contributed by atoms with Crippen LogP contribution in [-0.2, 0) is 38.1 Å². The molecule has 3 aliphatic carbocycles. The largest absolute Gasteiger partial charge is 0.462 e. The number of carbonyl (C=O) groups excluding carboxylic acids is 4. The lowest BCUT2D eigenvalue weighted by Gasteiger charge is -2.65. The fourth-order valence-electron chi connectivity index (χ4n) is 8.63. The lowest BCUT2D eigenvalue weighted by Crippen LogP contribution is -2.79. The van der Waals surface area contributed by atoms with E-state index in [0.717, 1.165) is 0 Å². The predicted octanol–water partition coefficient (Wildman–Crippen LogP) is 2.02. The van der Waals surface area contributed by atoms with Crippen LogP contribution in [0.4, 0.5) is 0 Å². The van der Waals surface area contributed by atoms with Crippen LogP contribution in [0.5, 0.6) is 0 Å². The van der Waals surface area contributed by atoms with E-state index in [1.54, 1.807) is 44.2 Å². The highest BCUT2D eigenvalue weighted by Gasteiger charge is 2.80. The minimum atomic E-state index is -1.80. The summed E-state index contributed by atoms with van der Waals surface area (Å²) in [5.41, 5.74) is -5.97. The molecular weight excluding hydrogens is 588 g/mol. The summed E-state index contributed by atoms with van der Waals surface area (Å²) in [6, 6.07) is 8.11. The fourth-order valence-corrected chi connectivity index (χ4v) is 8.63. The Kier molecular flexibility index (Phi) is 8.21. The second kappa shape index (κ2) is 11.2. The molecule has 0 aromatic heterocycles. The molecule has 1 aliphatic heterocycles. The van der Waals surface area contributed by atoms with Gasteiger partial charge in [-0.25, -0.2) is 4.79 Å². The third-order valence-electron chi connectivity index (χ3n) is 10.6. The first-order chi connectivity index (χ1) is 20.9. The first kappa shape index (κ1) is 33.1. The summed E-state index contributed by atoms with van der Waals surface area (Å²) in [6.45, 7) is 9.66. The molecule has 10 atom stereocenters. The van der Waals surface area contributed by atoms with E-state index in [4.69, 9.17) is 23.7 Å². The molecule has 0 spiro atoms. The van der Waals surface area contributed by atoms with Gasteiger partial charge in [0.1, 0.15) is 24.4 Å². The highest BCUT2D eigenvalue weighted by atomic mass is 16.6. The van der Waals surface area contributed by atoms with Gasteiger partial charge in [-0.15, -0.1) is 0 Å². The number of aliphatic hydroxyl groups excluding tert-OH is 2. The lowest BCUT2D eigenvalue weighted by atomic mass is 9.49. The standard InChI is InChI=1S/C33H42O12/c1-16-21(37)14-32(30(5,6)40)24(16)25(44-29(39)20-11-9-8-10-12-20)27(38)31(7)22(42-17(2)34)13-23-33(15-41-23,45-19(4)36)26(31)28(32)43-18(3)35/h8-12,21-23,25-28,37-38,40H,13-15H2,1-7H3/t21-,22-,23-,25+,26+,27-,28-,31-,32-,33-/m0/s1. The summed E-state index contributed by atoms with van der Waals surface area (Å²) in [5.74, 6) is -4.07. The van der Waals surface area contributed by atoms with Gasteiger partial charge in [-0.05, 0) is 50.5 Å². The van der Waals surface area contributed by atoms with E-state index in [2.05, 4.69) is 0 Å². The molecule has 5 rings (SSSR count). The molecule has 1 heterocycles. The molecule has 3 fully saturated rings. The van der Waals surface area contributed by atoms with Crippen LogP contribution in [-0.4, -0.2) is 93.6 Å². The van der Waals surface area contributed by atoms with Crippen molar-refractivity contribution in [2.75, 3.05) is 6.61 Å². The van der Waals surface area contributed by atoms with Crippen molar-refractivity contribution < 1.29 is 58.2 Å². The first-order valence-corrected chi connectivity index (χ1v) is 15.1. The smallest absolute Gasteiger partial charge is 0.338 e. The molecule has 246 valence electrons. The summed E-state index contributed by atoms with van der Waals surface area (Å²) in [5, 5.41) is 36.2. The van der Waals surface area contributed by atoms with Gasteiger partial charge in [0.25, 0.3) is 0 Å². The van der Waals surface area contributed by atoms with Crippen molar-refractivity contribution in [2.45, 2.75) is 109 Å². The maximum absolute atomic E-state index is 13.7. The van der Waals surface area contributed by atoms with Gasteiger partial charge in [0, 0.05) is 32.6 Å². The Bertz CT molecular complexity index is 1410. The number of rotatable bonds is 6. The van der Waals surface area contributed by atoms with Crippen molar-refractivity contribution in [3.05, 3.63) is 47.0 Å². The Labute approximate surface area is 261 Å². The van der Waals surface area contributed by atoms with E-state index < -0.39 is 88.5 Å². The van der Waals surface area contributed by atoms with Crippen molar-refractivity contribution >= 4 is 23.9 Å². The minimum absolute atomic E-state index is 0.000758. The van der Waals surface area contributed by atoms with Crippen LogP contribution in [0.15, 0.2) is 41.5 Å². The van der Waals surface area contributed by atoms with Crippen molar-refractivity contribution in [3.8, 4) is 0 Å². The number of esters is 4. The van der Waals surface area contributed by atoms with Gasteiger partial charge in [-0.3, -0.25) is 14.4 Å². The molecular formula is C33H42O12. The number of hydrogen-bond donors (Lipinski definition) is 3. The van der Waals surface area contributed by atoms with Crippen molar-refractivity contribution in [1.29, 1.82) is 0 Å². The summed E-state index contributed by atoms with van der Waals surface area (Å²) in [6.07, 6.45) is -7.94. The number of fused-ring (bicyclic) bond motifs is 4. The summed E-state index contributed by atoms with van der Waals surface area (Å²) >= 11 is 0. The van der Waals surface area contributed by atoms with Crippen molar-refractivity contribution in [2.24, 2.45) is 16.7 Å². The Hall–Kier alpha value is -3.32. The molecule has 0 radical (unpaired) electrons. The molecule has 2 saturated carbocycles. The maximum Gasteiger partial charge on any atom is 0.338 e. The van der Waals surface area contributed by atoms with Gasteiger partial charge in [0.15, 0.2) is 11.7 Å². The Morgan fingerprint density at radius 3 is 2.09 bits per heavy atom. The quantitative estimate of drug-likeness (QED) is 0.237. The molecule has 0 unspecified atom stereocenters. The van der Waals surface area contributed by atoms with Gasteiger partial charge in [0.2, 0.25) is 0 Å². The first-order valence-electron chi connectivity index (χ1n) is 15.1. The Morgan fingerprint density at radius 2 is 1.58 bits per heavy atom. The maximum atomic E-state index is 13.7. The van der Waals surface area contributed by atoms with Gasteiger partial charge in [-0.2, -0.15) is 0 Å². The normalized spacial score (nSPS) is 38.8. The third kappa shape index (κ3) is 4.88. The predicted molar refractivity (Wildman–Crippen MR) is 155 cm³/mol. The van der Waals surface area contributed by atoms with Gasteiger partial charge in [0.05, 0.1) is 35.2 Å². The number of aliphatic hydroxyl groups is 3. The summed E-state index contributed by atoms with van der Waals surface area (Å²) < 4.78 is 30.1. The zero-order valence-electron chi connectivity index (χ0n) is 26.6. The third-order valence-corrected chi connectivity index (χ3v) is 10.6. The van der Waals surface area contributed by atoms with Crippen LogP contribution < -0.4 is 0 Å². The van der Waals surface area contributed by atoms with Crippen LogP contribution in [0.2, 0.25) is 0 Å². The van der Waals surface area contributed by atoms with E-state index in [1.807, 2.05) is 0 Å². The fraction of sp³-hybridized carbons (Fsp3) is 0.636. The zero-order chi connectivity index (χ0) is 33.3. The highest BCUT2D eigenvalue weighted by molar-refractivity contribution is 5.89. The number of ether oxygens (including phenoxy) is 5. The van der Waals surface area contributed by atoms with Crippen LogP contribution in [0.3, 0.4) is 0 Å². The molecule has 1 aromatic rings. The van der Waals surface area contributed by atoms with Crippen LogP contribution in [0.1, 0.15) is 71.7 Å². The summed E-state index contributed by atoms with van der Waals surface area (Å²) in [4.78, 5) is 51.9. The highest BCUT2D eigenvalue weighted by Crippen LogP contribution is 2.68. The molecule has 1 aromatic carbocycles. The second-order valence-corrected chi connectivity index (χ2v) is 13.5. The average Bonchev–Trinajstić information content (AvgIpc) is 3.18. The topological polar surface area (TPSA) is 175 Å². The molecule has 4 aliphatic rings. The van der Waals surface area contributed by atoms with Gasteiger partial charge < -0.3 is 39.0 Å². The Balaban J connectivity index is 1.87. The van der Waals surface area contributed by atoms with Crippen molar-refractivity contribution in [3.63, 3.8) is 0 Å². The van der Waals surface area contributed by atoms with Gasteiger partial charge >= 0.3 is 23.9 Å². The average molecular weight is 631 g/mol. The lowest BCUT2D eigenvalue weighted by molar-refractivity contribution is -0.352. The molecule has 12 nitrogen and oxygen atoms in total. The molecule has 12 heteroatoms. The molecule has 0 amide bonds. The SMILES string of the molecule is CC(=O)O[C@H]1C[C@@H]2OC[C@@]2(OC(C)=O)[C@@H]2[C@H](OC(C)=O)[C@]3(C(C)(C)O)C[C@H](O)C(C)=C3[C@@H](OC(=O)c3ccccc3)[C@H](O)[C@@]12C. The van der Waals surface area contributed by atoms with E-state index in [-0.39, 0.29) is 30.6 Å². The molecule has 3 N–H and O–H groups in total. The number of carbonyl (C=O) groups is 4. The van der Waals surface area contributed by atoms with E-state index >= 15 is 0 Å². The molecule has 0 bridgehead atoms.